The van der Waals surface area contributed by atoms with E-state index in [-0.39, 0.29) is 11.5 Å². The van der Waals surface area contributed by atoms with Gasteiger partial charge in [0.15, 0.2) is 5.78 Å². The van der Waals surface area contributed by atoms with E-state index in [0.717, 1.165) is 16.7 Å². The van der Waals surface area contributed by atoms with Gasteiger partial charge in [0.1, 0.15) is 5.75 Å². The van der Waals surface area contributed by atoms with E-state index in [2.05, 4.69) is 12.1 Å². The Kier molecular flexibility index (Phi) is 4.34. The molecular formula is C21H16O2. The number of aromatic hydroxyl groups is 1. The van der Waals surface area contributed by atoms with Crippen LogP contribution < -0.4 is 0 Å². The van der Waals surface area contributed by atoms with Gasteiger partial charge in [0, 0.05) is 0 Å². The number of carbonyl (C=O) groups excluding carboxylic acids is 1. The van der Waals surface area contributed by atoms with Gasteiger partial charge in [0.2, 0.25) is 0 Å². The minimum absolute atomic E-state index is 0.00146. The SMILES string of the molecule is O=C(/C=C/c1ccc(-c2ccccc2)cc1)c1ccccc1O. The second-order valence-corrected chi connectivity index (χ2v) is 5.20. The van der Waals surface area contributed by atoms with E-state index in [4.69, 9.17) is 0 Å². The quantitative estimate of drug-likeness (QED) is 0.546. The van der Waals surface area contributed by atoms with Gasteiger partial charge < -0.3 is 5.11 Å². The third-order valence-corrected chi connectivity index (χ3v) is 3.61. The van der Waals surface area contributed by atoms with Crippen molar-refractivity contribution >= 4 is 11.9 Å². The normalized spacial score (nSPS) is 10.8. The van der Waals surface area contributed by atoms with Gasteiger partial charge in [-0.25, -0.2) is 0 Å². The Labute approximate surface area is 135 Å². The standard InChI is InChI=1S/C21H16O2/c22-20-9-5-4-8-19(20)21(23)15-12-16-10-13-18(14-11-16)17-6-2-1-3-7-17/h1-15,22H/b15-12+. The highest BCUT2D eigenvalue weighted by Gasteiger charge is 2.06. The molecule has 0 bridgehead atoms. The van der Waals surface area contributed by atoms with Gasteiger partial charge in [0.25, 0.3) is 0 Å². The van der Waals surface area contributed by atoms with Crippen molar-refractivity contribution in [2.75, 3.05) is 0 Å². The molecule has 23 heavy (non-hydrogen) atoms. The molecule has 2 heteroatoms. The van der Waals surface area contributed by atoms with Crippen molar-refractivity contribution in [2.24, 2.45) is 0 Å². The fourth-order valence-corrected chi connectivity index (χ4v) is 2.36. The Morgan fingerprint density at radius 1 is 0.739 bits per heavy atom. The zero-order valence-corrected chi connectivity index (χ0v) is 12.5. The van der Waals surface area contributed by atoms with Gasteiger partial charge in [-0.3, -0.25) is 4.79 Å². The van der Waals surface area contributed by atoms with Crippen molar-refractivity contribution in [3.05, 3.63) is 96.1 Å². The molecule has 3 aromatic carbocycles. The third-order valence-electron chi connectivity index (χ3n) is 3.61. The van der Waals surface area contributed by atoms with Crippen molar-refractivity contribution < 1.29 is 9.90 Å². The van der Waals surface area contributed by atoms with Gasteiger partial charge in [0.05, 0.1) is 5.56 Å². The van der Waals surface area contributed by atoms with Crippen molar-refractivity contribution in [2.45, 2.75) is 0 Å². The van der Waals surface area contributed by atoms with Crippen LogP contribution in [-0.2, 0) is 0 Å². The monoisotopic (exact) mass is 300 g/mol. The van der Waals surface area contributed by atoms with Crippen molar-refractivity contribution in [3.8, 4) is 16.9 Å². The van der Waals surface area contributed by atoms with Crippen LogP contribution in [0.1, 0.15) is 15.9 Å². The summed E-state index contributed by atoms with van der Waals surface area (Å²) in [5.41, 5.74) is 3.54. The first-order valence-electron chi connectivity index (χ1n) is 7.40. The number of phenolic OH excluding ortho intramolecular Hbond substituents is 1. The fraction of sp³-hybridized carbons (Fsp3) is 0. The molecule has 0 aliphatic rings. The van der Waals surface area contributed by atoms with E-state index >= 15 is 0 Å². The maximum Gasteiger partial charge on any atom is 0.189 e. The molecule has 3 aromatic rings. The zero-order valence-electron chi connectivity index (χ0n) is 12.5. The van der Waals surface area contributed by atoms with Crippen LogP contribution in [0.25, 0.3) is 17.2 Å². The Hall–Kier alpha value is -3.13. The number of benzene rings is 3. The van der Waals surface area contributed by atoms with Gasteiger partial charge in [-0.1, -0.05) is 72.8 Å². The average Bonchev–Trinajstić information content (AvgIpc) is 2.61. The lowest BCUT2D eigenvalue weighted by atomic mass is 10.0. The number of hydrogen-bond acceptors (Lipinski definition) is 2. The minimum atomic E-state index is -0.213. The summed E-state index contributed by atoms with van der Waals surface area (Å²) in [4.78, 5) is 12.1. The summed E-state index contributed by atoms with van der Waals surface area (Å²) >= 11 is 0. The van der Waals surface area contributed by atoms with Crippen LogP contribution in [0.2, 0.25) is 0 Å². The van der Waals surface area contributed by atoms with Crippen molar-refractivity contribution in [1.29, 1.82) is 0 Å². The molecule has 0 spiro atoms. The molecule has 0 saturated carbocycles. The molecule has 0 saturated heterocycles. The second kappa shape index (κ2) is 6.75. The Balaban J connectivity index is 1.76. The summed E-state index contributed by atoms with van der Waals surface area (Å²) in [6.45, 7) is 0. The first-order valence-corrected chi connectivity index (χ1v) is 7.40. The van der Waals surface area contributed by atoms with E-state index < -0.39 is 0 Å². The van der Waals surface area contributed by atoms with Crippen LogP contribution in [0.4, 0.5) is 0 Å². The van der Waals surface area contributed by atoms with Crippen LogP contribution in [0.15, 0.2) is 84.9 Å². The summed E-state index contributed by atoms with van der Waals surface area (Å²) in [5, 5.41) is 9.69. The Morgan fingerprint density at radius 3 is 2.04 bits per heavy atom. The summed E-state index contributed by atoms with van der Waals surface area (Å²) in [5.74, 6) is -0.211. The topological polar surface area (TPSA) is 37.3 Å². The molecule has 0 aliphatic carbocycles. The first kappa shape index (κ1) is 14.8. The number of ketones is 1. The molecule has 0 heterocycles. The highest BCUT2D eigenvalue weighted by atomic mass is 16.3. The summed E-state index contributed by atoms with van der Waals surface area (Å²) in [7, 11) is 0. The minimum Gasteiger partial charge on any atom is -0.507 e. The van der Waals surface area contributed by atoms with Gasteiger partial charge >= 0.3 is 0 Å². The van der Waals surface area contributed by atoms with E-state index in [0.29, 0.717) is 5.56 Å². The molecule has 0 amide bonds. The summed E-state index contributed by atoms with van der Waals surface area (Å²) in [6.07, 6.45) is 3.23. The van der Waals surface area contributed by atoms with Crippen molar-refractivity contribution in [3.63, 3.8) is 0 Å². The lowest BCUT2D eigenvalue weighted by Crippen LogP contribution is -1.94. The fourth-order valence-electron chi connectivity index (χ4n) is 2.36. The van der Waals surface area contributed by atoms with Crippen LogP contribution >= 0.6 is 0 Å². The third kappa shape index (κ3) is 3.55. The molecular weight excluding hydrogens is 284 g/mol. The summed E-state index contributed by atoms with van der Waals surface area (Å²) in [6, 6.07) is 24.7. The zero-order chi connectivity index (χ0) is 16.1. The maximum absolute atomic E-state index is 12.1. The van der Waals surface area contributed by atoms with E-state index in [9.17, 15) is 9.90 Å². The van der Waals surface area contributed by atoms with E-state index in [1.807, 2.05) is 42.5 Å². The smallest absolute Gasteiger partial charge is 0.189 e. The van der Waals surface area contributed by atoms with Crippen LogP contribution in [0, 0.1) is 0 Å². The molecule has 0 radical (unpaired) electrons. The Morgan fingerprint density at radius 2 is 1.35 bits per heavy atom. The van der Waals surface area contributed by atoms with Gasteiger partial charge in [-0.15, -0.1) is 0 Å². The Bertz CT molecular complexity index is 831. The lowest BCUT2D eigenvalue weighted by molar-refractivity contribution is 0.104. The number of para-hydroxylation sites is 1. The summed E-state index contributed by atoms with van der Waals surface area (Å²) < 4.78 is 0. The first-order chi connectivity index (χ1) is 11.2. The number of rotatable bonds is 4. The number of carbonyl (C=O) groups is 1. The van der Waals surface area contributed by atoms with E-state index in [1.165, 1.54) is 12.1 Å². The second-order valence-electron chi connectivity index (χ2n) is 5.20. The molecule has 2 nitrogen and oxygen atoms in total. The predicted molar refractivity (Wildman–Crippen MR) is 93.3 cm³/mol. The highest BCUT2D eigenvalue weighted by molar-refractivity contribution is 6.08. The predicted octanol–water partition coefficient (Wildman–Crippen LogP) is 4.96. The molecule has 0 unspecified atom stereocenters. The molecule has 3 rings (SSSR count). The van der Waals surface area contributed by atoms with Crippen LogP contribution in [-0.4, -0.2) is 10.9 Å². The molecule has 0 aliphatic heterocycles. The van der Waals surface area contributed by atoms with Gasteiger partial charge in [-0.05, 0) is 34.9 Å². The average molecular weight is 300 g/mol. The lowest BCUT2D eigenvalue weighted by Gasteiger charge is -2.02. The van der Waals surface area contributed by atoms with Gasteiger partial charge in [-0.2, -0.15) is 0 Å². The molecule has 112 valence electrons. The molecule has 0 atom stereocenters. The van der Waals surface area contributed by atoms with Crippen molar-refractivity contribution in [1.82, 2.24) is 0 Å². The number of hydrogen-bond donors (Lipinski definition) is 1. The molecule has 1 N–H and O–H groups in total. The highest BCUT2D eigenvalue weighted by Crippen LogP contribution is 2.20. The van der Waals surface area contributed by atoms with Crippen LogP contribution in [0.3, 0.4) is 0 Å². The number of allylic oxidation sites excluding steroid dienone is 1. The molecule has 0 aromatic heterocycles. The van der Waals surface area contributed by atoms with Crippen LogP contribution in [0.5, 0.6) is 5.75 Å². The maximum atomic E-state index is 12.1. The van der Waals surface area contributed by atoms with E-state index in [1.54, 1.807) is 24.3 Å². The number of phenols is 1. The largest absolute Gasteiger partial charge is 0.507 e. The molecule has 0 fully saturated rings.